The number of nitrogen functional groups attached to an aromatic ring is 1. The van der Waals surface area contributed by atoms with E-state index in [9.17, 15) is 16.8 Å². The van der Waals surface area contributed by atoms with E-state index < -0.39 is 19.7 Å². The van der Waals surface area contributed by atoms with Crippen LogP contribution in [0.2, 0.25) is 0 Å². The van der Waals surface area contributed by atoms with E-state index >= 15 is 0 Å². The van der Waals surface area contributed by atoms with E-state index in [1.807, 2.05) is 0 Å². The summed E-state index contributed by atoms with van der Waals surface area (Å²) in [6.45, 7) is 0. The van der Waals surface area contributed by atoms with Crippen molar-refractivity contribution in [2.45, 2.75) is 9.92 Å². The Morgan fingerprint density at radius 1 is 1.05 bits per heavy atom. The smallest absolute Gasteiger partial charge is 0.221 e. The Kier molecular flexibility index (Phi) is 4.28. The molecule has 1 aromatic heterocycles. The lowest BCUT2D eigenvalue weighted by Gasteiger charge is -2.09. The summed E-state index contributed by atoms with van der Waals surface area (Å²) in [4.78, 5) is 7.81. The predicted octanol–water partition coefficient (Wildman–Crippen LogP) is 1.30. The molecule has 2 aromatic rings. The average Bonchev–Trinajstić information content (AvgIpc) is 2.39. The van der Waals surface area contributed by atoms with Crippen molar-refractivity contribution in [1.82, 2.24) is 9.97 Å². The number of sulfone groups is 2. The highest BCUT2D eigenvalue weighted by Crippen LogP contribution is 2.32. The Morgan fingerprint density at radius 2 is 1.68 bits per heavy atom. The molecule has 0 saturated carbocycles. The molecule has 0 atom stereocenters. The molecule has 2 N–H and O–H groups in total. The van der Waals surface area contributed by atoms with Crippen LogP contribution >= 0.6 is 15.9 Å². The Morgan fingerprint density at radius 3 is 2.23 bits per heavy atom. The van der Waals surface area contributed by atoms with Crippen molar-refractivity contribution in [3.8, 4) is 11.3 Å². The van der Waals surface area contributed by atoms with Crippen LogP contribution in [0.4, 0.5) is 5.95 Å². The third-order valence-electron chi connectivity index (χ3n) is 2.72. The van der Waals surface area contributed by atoms with Gasteiger partial charge in [0.25, 0.3) is 0 Å². The molecule has 118 valence electrons. The van der Waals surface area contributed by atoms with E-state index in [0.717, 1.165) is 12.5 Å². The molecular formula is C12H12BrN3O4S2. The third-order valence-corrected chi connectivity index (χ3v) is 5.85. The highest BCUT2D eigenvalue weighted by Gasteiger charge is 2.21. The fraction of sp³-hybridized carbons (Fsp3) is 0.167. The van der Waals surface area contributed by atoms with Gasteiger partial charge >= 0.3 is 0 Å². The predicted molar refractivity (Wildman–Crippen MR) is 85.8 cm³/mol. The van der Waals surface area contributed by atoms with Gasteiger partial charge in [0, 0.05) is 18.1 Å². The quantitative estimate of drug-likeness (QED) is 0.763. The lowest BCUT2D eigenvalue weighted by Crippen LogP contribution is -2.08. The molecule has 7 nitrogen and oxygen atoms in total. The number of hydrogen-bond donors (Lipinski definition) is 1. The summed E-state index contributed by atoms with van der Waals surface area (Å²) >= 11 is 3.15. The third kappa shape index (κ3) is 3.45. The number of rotatable bonds is 3. The van der Waals surface area contributed by atoms with Gasteiger partial charge in [-0.25, -0.2) is 26.8 Å². The van der Waals surface area contributed by atoms with E-state index in [1.54, 1.807) is 6.07 Å². The summed E-state index contributed by atoms with van der Waals surface area (Å²) in [5, 5.41) is -0.250. The van der Waals surface area contributed by atoms with Crippen LogP contribution in [0.5, 0.6) is 0 Å². The highest BCUT2D eigenvalue weighted by atomic mass is 79.9. The molecule has 1 aromatic carbocycles. The summed E-state index contributed by atoms with van der Waals surface area (Å²) in [6.07, 6.45) is 2.08. The molecule has 0 radical (unpaired) electrons. The topological polar surface area (TPSA) is 120 Å². The van der Waals surface area contributed by atoms with Crippen LogP contribution in [0.15, 0.2) is 38.7 Å². The molecule has 0 aliphatic heterocycles. The molecule has 1 heterocycles. The van der Waals surface area contributed by atoms with Crippen molar-refractivity contribution in [2.24, 2.45) is 0 Å². The van der Waals surface area contributed by atoms with Gasteiger partial charge < -0.3 is 5.73 Å². The second kappa shape index (κ2) is 5.60. The fourth-order valence-corrected chi connectivity index (χ4v) is 4.39. The second-order valence-corrected chi connectivity index (χ2v) is 9.36. The maximum absolute atomic E-state index is 11.7. The van der Waals surface area contributed by atoms with Crippen molar-refractivity contribution in [1.29, 1.82) is 0 Å². The van der Waals surface area contributed by atoms with Crippen LogP contribution in [0, 0.1) is 0 Å². The molecule has 22 heavy (non-hydrogen) atoms. The van der Waals surface area contributed by atoms with Crippen molar-refractivity contribution >= 4 is 41.6 Å². The van der Waals surface area contributed by atoms with Gasteiger partial charge in [0.15, 0.2) is 24.7 Å². The molecule has 0 bridgehead atoms. The Balaban J connectivity index is 2.77. The SMILES string of the molecule is CS(=O)(=O)c1cccc(-c2nc(N)nc(S(C)(=O)=O)c2Br)c1. The Labute approximate surface area is 136 Å². The van der Waals surface area contributed by atoms with Crippen molar-refractivity contribution in [3.63, 3.8) is 0 Å². The number of nitrogens with zero attached hydrogens (tertiary/aromatic N) is 2. The average molecular weight is 406 g/mol. The molecular weight excluding hydrogens is 394 g/mol. The fourth-order valence-electron chi connectivity index (χ4n) is 1.75. The van der Waals surface area contributed by atoms with Gasteiger partial charge in [0.05, 0.1) is 15.1 Å². The zero-order valence-corrected chi connectivity index (χ0v) is 14.8. The zero-order chi connectivity index (χ0) is 16.7. The first-order valence-electron chi connectivity index (χ1n) is 5.83. The van der Waals surface area contributed by atoms with Crippen LogP contribution in [-0.4, -0.2) is 39.3 Å². The summed E-state index contributed by atoms with van der Waals surface area (Å²) in [5.41, 5.74) is 6.18. The summed E-state index contributed by atoms with van der Waals surface area (Å²) in [7, 11) is -7.02. The van der Waals surface area contributed by atoms with Crippen LogP contribution in [0.3, 0.4) is 0 Å². The van der Waals surface area contributed by atoms with Crippen molar-refractivity contribution in [3.05, 3.63) is 28.7 Å². The maximum atomic E-state index is 11.7. The first kappa shape index (κ1) is 16.8. The summed E-state index contributed by atoms with van der Waals surface area (Å²) in [6, 6.07) is 5.98. The minimum atomic E-state index is -3.62. The van der Waals surface area contributed by atoms with Gasteiger partial charge in [-0.1, -0.05) is 12.1 Å². The zero-order valence-electron chi connectivity index (χ0n) is 11.6. The second-order valence-electron chi connectivity index (χ2n) is 4.62. The Hall–Kier alpha value is -1.52. The van der Waals surface area contributed by atoms with E-state index in [4.69, 9.17) is 5.73 Å². The minimum absolute atomic E-state index is 0.0926. The van der Waals surface area contributed by atoms with Crippen LogP contribution in [0.25, 0.3) is 11.3 Å². The molecule has 0 aliphatic carbocycles. The molecule has 0 aliphatic rings. The number of benzene rings is 1. The minimum Gasteiger partial charge on any atom is -0.368 e. The lowest BCUT2D eigenvalue weighted by molar-refractivity contribution is 0.596. The molecule has 0 fully saturated rings. The van der Waals surface area contributed by atoms with Crippen LogP contribution in [-0.2, 0) is 19.7 Å². The first-order valence-corrected chi connectivity index (χ1v) is 10.4. The van der Waals surface area contributed by atoms with Gasteiger partial charge in [0.1, 0.15) is 0 Å². The van der Waals surface area contributed by atoms with Gasteiger partial charge in [-0.15, -0.1) is 0 Å². The van der Waals surface area contributed by atoms with E-state index in [2.05, 4.69) is 25.9 Å². The molecule has 2 rings (SSSR count). The number of nitrogens with two attached hydrogens (primary N) is 1. The number of anilines is 1. The molecule has 0 saturated heterocycles. The molecule has 0 spiro atoms. The summed E-state index contributed by atoms with van der Waals surface area (Å²) in [5.74, 6) is -0.219. The standard InChI is InChI=1S/C12H12BrN3O4S2/c1-21(17,18)8-5-3-4-7(6-8)10-9(13)11(22(2,19)20)16-12(14)15-10/h3-6H,1-2H3,(H2,14,15,16). The van der Waals surface area contributed by atoms with Crippen LogP contribution in [0.1, 0.15) is 0 Å². The van der Waals surface area contributed by atoms with Gasteiger partial charge in [-0.05, 0) is 28.1 Å². The summed E-state index contributed by atoms with van der Waals surface area (Å²) < 4.78 is 46.9. The van der Waals surface area contributed by atoms with E-state index in [-0.39, 0.29) is 26.0 Å². The highest BCUT2D eigenvalue weighted by molar-refractivity contribution is 9.10. The first-order chi connectivity index (χ1) is 10.00. The van der Waals surface area contributed by atoms with E-state index in [1.165, 1.54) is 18.2 Å². The largest absolute Gasteiger partial charge is 0.368 e. The number of hydrogen-bond acceptors (Lipinski definition) is 7. The van der Waals surface area contributed by atoms with Gasteiger partial charge in [-0.3, -0.25) is 0 Å². The van der Waals surface area contributed by atoms with E-state index in [0.29, 0.717) is 5.56 Å². The van der Waals surface area contributed by atoms with Gasteiger partial charge in [-0.2, -0.15) is 0 Å². The lowest BCUT2D eigenvalue weighted by atomic mass is 10.1. The van der Waals surface area contributed by atoms with Gasteiger partial charge in [0.2, 0.25) is 5.95 Å². The maximum Gasteiger partial charge on any atom is 0.221 e. The monoisotopic (exact) mass is 405 g/mol. The Bertz CT molecular complexity index is 956. The van der Waals surface area contributed by atoms with Crippen molar-refractivity contribution in [2.75, 3.05) is 18.2 Å². The number of aromatic nitrogens is 2. The normalized spacial score (nSPS) is 12.3. The van der Waals surface area contributed by atoms with Crippen LogP contribution < -0.4 is 5.73 Å². The molecule has 0 unspecified atom stereocenters. The molecule has 0 amide bonds. The van der Waals surface area contributed by atoms with Crippen molar-refractivity contribution < 1.29 is 16.8 Å². The number of halogens is 1. The molecule has 10 heteroatoms.